The van der Waals surface area contributed by atoms with Crippen molar-refractivity contribution < 1.29 is 22.8 Å². The highest BCUT2D eigenvalue weighted by atomic mass is 19.1. The molecular formula is C20H14FNO5. The van der Waals surface area contributed by atoms with Gasteiger partial charge in [-0.15, -0.1) is 0 Å². The molecule has 0 atom stereocenters. The first-order chi connectivity index (χ1) is 13.0. The molecule has 1 amide bonds. The molecule has 0 bridgehead atoms. The number of carbonyl (C=O) groups excluding carboxylic acids is 1. The highest BCUT2D eigenvalue weighted by molar-refractivity contribution is 5.97. The van der Waals surface area contributed by atoms with Crippen molar-refractivity contribution in [3.63, 3.8) is 0 Å². The van der Waals surface area contributed by atoms with Gasteiger partial charge in [0.25, 0.3) is 5.91 Å². The van der Waals surface area contributed by atoms with E-state index in [2.05, 4.69) is 5.32 Å². The van der Waals surface area contributed by atoms with Gasteiger partial charge in [-0.2, -0.15) is 0 Å². The summed E-state index contributed by atoms with van der Waals surface area (Å²) in [4.78, 5) is 24.1. The first-order valence-corrected chi connectivity index (χ1v) is 8.12. The van der Waals surface area contributed by atoms with Crippen LogP contribution in [0.15, 0.2) is 62.2 Å². The van der Waals surface area contributed by atoms with Crippen LogP contribution in [0.1, 0.15) is 16.1 Å². The van der Waals surface area contributed by atoms with Crippen molar-refractivity contribution in [2.24, 2.45) is 0 Å². The van der Waals surface area contributed by atoms with Gasteiger partial charge in [-0.25, -0.2) is 9.18 Å². The van der Waals surface area contributed by atoms with Crippen LogP contribution in [0.2, 0.25) is 0 Å². The number of ether oxygens (including phenoxy) is 1. The number of para-hydroxylation sites is 1. The van der Waals surface area contributed by atoms with E-state index >= 15 is 0 Å². The molecule has 27 heavy (non-hydrogen) atoms. The summed E-state index contributed by atoms with van der Waals surface area (Å²) >= 11 is 0. The van der Waals surface area contributed by atoms with Crippen molar-refractivity contribution in [2.45, 2.75) is 6.54 Å². The molecule has 0 radical (unpaired) electrons. The molecule has 0 fully saturated rings. The molecule has 0 unspecified atom stereocenters. The Bertz CT molecular complexity index is 1220. The molecule has 0 saturated heterocycles. The number of hydrogen-bond donors (Lipinski definition) is 1. The predicted molar refractivity (Wildman–Crippen MR) is 96.4 cm³/mol. The zero-order valence-corrected chi connectivity index (χ0v) is 14.2. The zero-order chi connectivity index (χ0) is 19.0. The lowest BCUT2D eigenvalue weighted by Crippen LogP contribution is -2.23. The topological polar surface area (TPSA) is 81.7 Å². The van der Waals surface area contributed by atoms with Gasteiger partial charge in [0.1, 0.15) is 11.4 Å². The molecule has 2 aromatic heterocycles. The monoisotopic (exact) mass is 367 g/mol. The highest BCUT2D eigenvalue weighted by Crippen LogP contribution is 2.28. The maximum absolute atomic E-state index is 13.3. The second kappa shape index (κ2) is 6.60. The largest absolute Gasteiger partial charge is 0.493 e. The third-order valence-electron chi connectivity index (χ3n) is 4.18. The number of fused-ring (bicyclic) bond motifs is 2. The van der Waals surface area contributed by atoms with Crippen LogP contribution in [0.4, 0.5) is 4.39 Å². The van der Waals surface area contributed by atoms with Crippen molar-refractivity contribution in [1.29, 1.82) is 0 Å². The van der Waals surface area contributed by atoms with Crippen molar-refractivity contribution in [2.75, 3.05) is 7.11 Å². The number of carbonyl (C=O) groups is 1. The Morgan fingerprint density at radius 2 is 2.00 bits per heavy atom. The van der Waals surface area contributed by atoms with Crippen LogP contribution in [0.25, 0.3) is 21.9 Å². The molecule has 6 nitrogen and oxygen atoms in total. The summed E-state index contributed by atoms with van der Waals surface area (Å²) in [5.41, 5.74) is 0.501. The van der Waals surface area contributed by atoms with E-state index < -0.39 is 17.3 Å². The smallest absolute Gasteiger partial charge is 0.336 e. The minimum absolute atomic E-state index is 0.0563. The predicted octanol–water partition coefficient (Wildman–Crippen LogP) is 3.62. The molecule has 2 aromatic carbocycles. The Labute approximate surface area is 152 Å². The fourth-order valence-electron chi connectivity index (χ4n) is 2.92. The molecule has 0 saturated carbocycles. The second-order valence-corrected chi connectivity index (χ2v) is 5.90. The van der Waals surface area contributed by atoms with Gasteiger partial charge in [-0.1, -0.05) is 12.1 Å². The first kappa shape index (κ1) is 16.8. The quantitative estimate of drug-likeness (QED) is 0.557. The van der Waals surface area contributed by atoms with E-state index in [4.69, 9.17) is 13.6 Å². The minimum atomic E-state index is -0.620. The van der Waals surface area contributed by atoms with Crippen LogP contribution < -0.4 is 15.7 Å². The number of benzene rings is 2. The Morgan fingerprint density at radius 3 is 2.81 bits per heavy atom. The molecule has 7 heteroatoms. The molecule has 4 rings (SSSR count). The normalized spacial score (nSPS) is 11.0. The molecule has 1 N–H and O–H groups in total. The van der Waals surface area contributed by atoms with E-state index in [1.165, 1.54) is 25.3 Å². The molecular weight excluding hydrogens is 353 g/mol. The number of nitrogens with one attached hydrogen (secondary N) is 1. The number of hydrogen-bond acceptors (Lipinski definition) is 5. The molecule has 136 valence electrons. The number of furan rings is 1. The van der Waals surface area contributed by atoms with Gasteiger partial charge in [0.2, 0.25) is 0 Å². The van der Waals surface area contributed by atoms with E-state index in [0.29, 0.717) is 22.3 Å². The lowest BCUT2D eigenvalue weighted by molar-refractivity contribution is 0.0925. The van der Waals surface area contributed by atoms with Crippen LogP contribution in [0, 0.1) is 5.82 Å². The lowest BCUT2D eigenvalue weighted by Gasteiger charge is -2.06. The van der Waals surface area contributed by atoms with Crippen LogP contribution in [-0.4, -0.2) is 13.0 Å². The van der Waals surface area contributed by atoms with E-state index in [9.17, 15) is 14.0 Å². The fourth-order valence-corrected chi connectivity index (χ4v) is 2.92. The number of halogens is 1. The Hall–Kier alpha value is -3.61. The van der Waals surface area contributed by atoms with Crippen LogP contribution in [0.5, 0.6) is 5.75 Å². The lowest BCUT2D eigenvalue weighted by atomic mass is 10.1. The van der Waals surface area contributed by atoms with Crippen molar-refractivity contribution >= 4 is 27.8 Å². The number of amides is 1. The van der Waals surface area contributed by atoms with Crippen molar-refractivity contribution in [3.8, 4) is 5.75 Å². The van der Waals surface area contributed by atoms with Crippen LogP contribution in [-0.2, 0) is 6.54 Å². The van der Waals surface area contributed by atoms with Gasteiger partial charge in [-0.05, 0) is 29.8 Å². The standard InChI is InChI=1S/C20H14FNO5/c1-25-15-4-2-3-11-7-17(27-19(11)15)20(24)22-10-12-8-18(23)26-16-9-13(21)5-6-14(12)16/h2-9H,10H2,1H3,(H,22,24). The number of rotatable bonds is 4. The van der Waals surface area contributed by atoms with Gasteiger partial charge in [0.15, 0.2) is 17.1 Å². The average molecular weight is 367 g/mol. The zero-order valence-electron chi connectivity index (χ0n) is 14.2. The third kappa shape index (κ3) is 3.15. The van der Waals surface area contributed by atoms with Crippen molar-refractivity contribution in [1.82, 2.24) is 5.32 Å². The summed E-state index contributed by atoms with van der Waals surface area (Å²) in [6.07, 6.45) is 0. The average Bonchev–Trinajstić information content (AvgIpc) is 3.09. The van der Waals surface area contributed by atoms with E-state index in [0.717, 1.165) is 11.5 Å². The summed E-state index contributed by atoms with van der Waals surface area (Å²) in [6, 6.07) is 12.1. The summed E-state index contributed by atoms with van der Waals surface area (Å²) in [5, 5.41) is 3.98. The van der Waals surface area contributed by atoms with Gasteiger partial charge in [-0.3, -0.25) is 4.79 Å². The van der Waals surface area contributed by atoms with E-state index in [1.807, 2.05) is 6.07 Å². The molecule has 0 aliphatic rings. The Balaban J connectivity index is 1.61. The van der Waals surface area contributed by atoms with Gasteiger partial charge >= 0.3 is 5.63 Å². The van der Waals surface area contributed by atoms with E-state index in [-0.39, 0.29) is 17.9 Å². The maximum atomic E-state index is 13.3. The summed E-state index contributed by atoms with van der Waals surface area (Å²) in [7, 11) is 1.52. The Kier molecular flexibility index (Phi) is 4.12. The van der Waals surface area contributed by atoms with Gasteiger partial charge in [0.05, 0.1) is 7.11 Å². The van der Waals surface area contributed by atoms with E-state index in [1.54, 1.807) is 18.2 Å². The fraction of sp³-hybridized carbons (Fsp3) is 0.100. The third-order valence-corrected chi connectivity index (χ3v) is 4.18. The van der Waals surface area contributed by atoms with Crippen molar-refractivity contribution in [3.05, 3.63) is 76.1 Å². The van der Waals surface area contributed by atoms with Gasteiger partial charge < -0.3 is 18.9 Å². The highest BCUT2D eigenvalue weighted by Gasteiger charge is 2.15. The molecule has 0 aliphatic carbocycles. The van der Waals surface area contributed by atoms with Crippen LogP contribution >= 0.6 is 0 Å². The summed E-state index contributed by atoms with van der Waals surface area (Å²) in [5.74, 6) is -0.312. The van der Waals surface area contributed by atoms with Gasteiger partial charge in [0, 0.05) is 29.4 Å². The summed E-state index contributed by atoms with van der Waals surface area (Å²) < 4.78 is 29.2. The Morgan fingerprint density at radius 1 is 1.15 bits per heavy atom. The van der Waals surface area contributed by atoms with Crippen LogP contribution in [0.3, 0.4) is 0 Å². The summed E-state index contributed by atoms with van der Waals surface area (Å²) in [6.45, 7) is 0.0563. The first-order valence-electron chi connectivity index (χ1n) is 8.12. The number of methoxy groups -OCH3 is 1. The minimum Gasteiger partial charge on any atom is -0.493 e. The SMILES string of the molecule is COc1cccc2cc(C(=O)NCc3cc(=O)oc4cc(F)ccc34)oc12. The molecule has 0 aliphatic heterocycles. The molecule has 4 aromatic rings. The molecule has 0 spiro atoms. The maximum Gasteiger partial charge on any atom is 0.336 e. The second-order valence-electron chi connectivity index (χ2n) is 5.90. The molecule has 2 heterocycles.